The van der Waals surface area contributed by atoms with Crippen LogP contribution in [0.3, 0.4) is 0 Å². The number of amides is 3. The van der Waals surface area contributed by atoms with Crippen molar-refractivity contribution in [3.05, 3.63) is 63.7 Å². The van der Waals surface area contributed by atoms with Crippen LogP contribution in [0.1, 0.15) is 22.8 Å². The first-order valence-electron chi connectivity index (χ1n) is 9.83. The van der Waals surface area contributed by atoms with E-state index >= 15 is 0 Å². The Morgan fingerprint density at radius 2 is 1.73 bits per heavy atom. The second-order valence-electron chi connectivity index (χ2n) is 7.07. The molecule has 1 aliphatic heterocycles. The summed E-state index contributed by atoms with van der Waals surface area (Å²) in [6, 6.07) is 11.8. The molecule has 1 saturated heterocycles. The molecule has 0 aliphatic carbocycles. The minimum absolute atomic E-state index is 0.0356. The summed E-state index contributed by atoms with van der Waals surface area (Å²) in [5, 5.41) is 16.7. The Kier molecular flexibility index (Phi) is 6.51. The van der Waals surface area contributed by atoms with Crippen LogP contribution in [-0.2, 0) is 0 Å². The van der Waals surface area contributed by atoms with E-state index in [-0.39, 0.29) is 17.3 Å². The molecule has 1 aliphatic rings. The number of anilines is 2. The van der Waals surface area contributed by atoms with Gasteiger partial charge in [0.25, 0.3) is 11.6 Å². The second-order valence-corrected chi connectivity index (χ2v) is 7.07. The molecule has 30 heavy (non-hydrogen) atoms. The van der Waals surface area contributed by atoms with Gasteiger partial charge in [0.2, 0.25) is 0 Å². The van der Waals surface area contributed by atoms with Crippen molar-refractivity contribution in [2.24, 2.45) is 0 Å². The molecule has 1 fully saturated rings. The molecule has 0 unspecified atom stereocenters. The van der Waals surface area contributed by atoms with Gasteiger partial charge in [-0.1, -0.05) is 6.07 Å². The molecule has 3 amide bonds. The summed E-state index contributed by atoms with van der Waals surface area (Å²) in [6.07, 6.45) is 0. The lowest BCUT2D eigenvalue weighted by Gasteiger charge is -2.36. The first kappa shape index (κ1) is 21.1. The molecular weight excluding hydrogens is 386 g/mol. The summed E-state index contributed by atoms with van der Waals surface area (Å²) in [7, 11) is 0. The van der Waals surface area contributed by atoms with Crippen LogP contribution in [0.4, 0.5) is 21.9 Å². The van der Waals surface area contributed by atoms with Gasteiger partial charge in [0.1, 0.15) is 0 Å². The van der Waals surface area contributed by atoms with Crippen LogP contribution in [0, 0.1) is 17.0 Å². The summed E-state index contributed by atoms with van der Waals surface area (Å²) in [5.41, 5.74) is 2.28. The second kappa shape index (κ2) is 9.25. The maximum Gasteiger partial charge on any atom is 0.317 e. The molecule has 9 nitrogen and oxygen atoms in total. The minimum atomic E-state index is -0.494. The molecule has 1 heterocycles. The van der Waals surface area contributed by atoms with Crippen molar-refractivity contribution in [2.75, 3.05) is 42.9 Å². The van der Waals surface area contributed by atoms with Crippen LogP contribution in [-0.4, -0.2) is 54.5 Å². The summed E-state index contributed by atoms with van der Waals surface area (Å²) < 4.78 is 0. The van der Waals surface area contributed by atoms with Crippen molar-refractivity contribution < 1.29 is 14.5 Å². The molecule has 0 bridgehead atoms. The number of urea groups is 1. The van der Waals surface area contributed by atoms with Crippen molar-refractivity contribution in [1.82, 2.24) is 10.2 Å². The fraction of sp³-hybridized carbons (Fsp3) is 0.333. The highest BCUT2D eigenvalue weighted by Gasteiger charge is 2.21. The Hall–Kier alpha value is -3.62. The molecule has 2 aromatic carbocycles. The van der Waals surface area contributed by atoms with Crippen LogP contribution in [0.2, 0.25) is 0 Å². The maximum atomic E-state index is 12.5. The Morgan fingerprint density at radius 3 is 2.33 bits per heavy atom. The smallest absolute Gasteiger partial charge is 0.317 e. The monoisotopic (exact) mass is 411 g/mol. The number of hydrogen-bond donors (Lipinski definition) is 2. The van der Waals surface area contributed by atoms with E-state index in [2.05, 4.69) is 15.5 Å². The first-order chi connectivity index (χ1) is 14.4. The average Bonchev–Trinajstić information content (AvgIpc) is 2.74. The number of hydrogen-bond acceptors (Lipinski definition) is 5. The minimum Gasteiger partial charge on any atom is -0.368 e. The van der Waals surface area contributed by atoms with Crippen LogP contribution in [0.5, 0.6) is 0 Å². The maximum absolute atomic E-state index is 12.5. The molecule has 158 valence electrons. The zero-order chi connectivity index (χ0) is 21.7. The van der Waals surface area contributed by atoms with Gasteiger partial charge in [0, 0.05) is 61.3 Å². The van der Waals surface area contributed by atoms with Gasteiger partial charge < -0.3 is 20.4 Å². The normalized spacial score (nSPS) is 13.7. The topological polar surface area (TPSA) is 108 Å². The number of nitrogens with zero attached hydrogens (tertiary/aromatic N) is 3. The zero-order valence-electron chi connectivity index (χ0n) is 17.1. The predicted molar refractivity (Wildman–Crippen MR) is 115 cm³/mol. The van der Waals surface area contributed by atoms with Crippen molar-refractivity contribution in [3.8, 4) is 0 Å². The van der Waals surface area contributed by atoms with E-state index in [1.54, 1.807) is 36.1 Å². The van der Waals surface area contributed by atoms with E-state index in [4.69, 9.17) is 0 Å². The van der Waals surface area contributed by atoms with Gasteiger partial charge in [0.15, 0.2) is 0 Å². The van der Waals surface area contributed by atoms with Crippen LogP contribution < -0.4 is 15.5 Å². The van der Waals surface area contributed by atoms with E-state index in [1.807, 2.05) is 19.1 Å². The van der Waals surface area contributed by atoms with E-state index in [9.17, 15) is 19.7 Å². The van der Waals surface area contributed by atoms with E-state index in [1.165, 1.54) is 6.07 Å². The lowest BCUT2D eigenvalue weighted by Crippen LogP contribution is -2.51. The van der Waals surface area contributed by atoms with E-state index in [0.29, 0.717) is 30.9 Å². The SMILES string of the molecule is CCNC(=O)N1CCN(c2ccc(NC(=O)c3ccc(C)c([N+](=O)[O-])c3)cc2)CC1. The molecule has 3 rings (SSSR count). The van der Waals surface area contributed by atoms with Gasteiger partial charge in [0.05, 0.1) is 4.92 Å². The van der Waals surface area contributed by atoms with Crippen molar-refractivity contribution >= 4 is 29.0 Å². The van der Waals surface area contributed by atoms with Crippen LogP contribution in [0.15, 0.2) is 42.5 Å². The number of carbonyl (C=O) groups excluding carboxylic acids is 2. The van der Waals surface area contributed by atoms with Gasteiger partial charge in [-0.15, -0.1) is 0 Å². The van der Waals surface area contributed by atoms with Gasteiger partial charge in [-0.2, -0.15) is 0 Å². The van der Waals surface area contributed by atoms with E-state index < -0.39 is 10.8 Å². The third-order valence-electron chi connectivity index (χ3n) is 5.05. The third-order valence-corrected chi connectivity index (χ3v) is 5.05. The molecule has 2 N–H and O–H groups in total. The van der Waals surface area contributed by atoms with Gasteiger partial charge >= 0.3 is 6.03 Å². The van der Waals surface area contributed by atoms with Gasteiger partial charge in [-0.3, -0.25) is 14.9 Å². The zero-order valence-corrected chi connectivity index (χ0v) is 17.1. The molecule has 0 spiro atoms. The Morgan fingerprint density at radius 1 is 1.07 bits per heavy atom. The van der Waals surface area contributed by atoms with Crippen molar-refractivity contribution in [2.45, 2.75) is 13.8 Å². The summed E-state index contributed by atoms with van der Waals surface area (Å²) >= 11 is 0. The molecular formula is C21H25N5O4. The Labute approximate surface area is 174 Å². The van der Waals surface area contributed by atoms with Gasteiger partial charge in [-0.25, -0.2) is 4.79 Å². The number of nitro groups is 1. The average molecular weight is 411 g/mol. The highest BCUT2D eigenvalue weighted by Crippen LogP contribution is 2.22. The van der Waals surface area contributed by atoms with Gasteiger partial charge in [-0.05, 0) is 44.2 Å². The quantitative estimate of drug-likeness (QED) is 0.581. The number of benzene rings is 2. The summed E-state index contributed by atoms with van der Waals surface area (Å²) in [6.45, 7) is 6.91. The number of nitro benzene ring substituents is 1. The number of aryl methyl sites for hydroxylation is 1. The lowest BCUT2D eigenvalue weighted by atomic mass is 10.1. The molecule has 0 atom stereocenters. The fourth-order valence-corrected chi connectivity index (χ4v) is 3.34. The third kappa shape index (κ3) is 4.86. The van der Waals surface area contributed by atoms with Crippen molar-refractivity contribution in [3.63, 3.8) is 0 Å². The van der Waals surface area contributed by atoms with Crippen LogP contribution >= 0.6 is 0 Å². The first-order valence-corrected chi connectivity index (χ1v) is 9.83. The Bertz CT molecular complexity index is 937. The molecule has 2 aromatic rings. The number of rotatable bonds is 5. The molecule has 0 radical (unpaired) electrons. The van der Waals surface area contributed by atoms with Crippen molar-refractivity contribution in [1.29, 1.82) is 0 Å². The molecule has 0 aromatic heterocycles. The number of carbonyl (C=O) groups is 2. The largest absolute Gasteiger partial charge is 0.368 e. The molecule has 0 saturated carbocycles. The van der Waals surface area contributed by atoms with Crippen LogP contribution in [0.25, 0.3) is 0 Å². The lowest BCUT2D eigenvalue weighted by molar-refractivity contribution is -0.385. The summed E-state index contributed by atoms with van der Waals surface area (Å²) in [4.78, 5) is 38.9. The predicted octanol–water partition coefficient (Wildman–Crippen LogP) is 3.01. The number of piperazine rings is 1. The van der Waals surface area contributed by atoms with E-state index in [0.717, 1.165) is 18.8 Å². The highest BCUT2D eigenvalue weighted by molar-refractivity contribution is 6.04. The summed E-state index contributed by atoms with van der Waals surface area (Å²) in [5.74, 6) is -0.401. The standard InChI is InChI=1S/C21H25N5O4/c1-3-22-21(28)25-12-10-24(11-13-25)18-8-6-17(7-9-18)23-20(27)16-5-4-15(2)19(14-16)26(29)30/h4-9,14H,3,10-13H2,1-2H3,(H,22,28)(H,23,27). The Balaban J connectivity index is 1.60. The highest BCUT2D eigenvalue weighted by atomic mass is 16.6. The number of nitrogens with one attached hydrogen (secondary N) is 2. The molecule has 9 heteroatoms. The fourth-order valence-electron chi connectivity index (χ4n) is 3.34.